The Kier molecular flexibility index (Phi) is 5.60. The summed E-state index contributed by atoms with van der Waals surface area (Å²) in [5.74, 6) is 1.65. The second kappa shape index (κ2) is 8.29. The van der Waals surface area contributed by atoms with Crippen molar-refractivity contribution in [2.24, 2.45) is 0 Å². The lowest BCUT2D eigenvalue weighted by atomic mass is 10.0. The van der Waals surface area contributed by atoms with E-state index in [9.17, 15) is 0 Å². The average Bonchev–Trinajstić information content (AvgIpc) is 3.09. The van der Waals surface area contributed by atoms with Gasteiger partial charge in [-0.15, -0.1) is 0 Å². The topological polar surface area (TPSA) is 26.6 Å². The number of nitrogens with zero attached hydrogens (tertiary/aromatic N) is 2. The van der Waals surface area contributed by atoms with Gasteiger partial charge in [0.2, 0.25) is 0 Å². The molecule has 4 nitrogen and oxygen atoms in total. The Hall–Kier alpha value is -2.43. The van der Waals surface area contributed by atoms with E-state index in [1.807, 2.05) is 24.3 Å². The van der Waals surface area contributed by atoms with E-state index in [0.29, 0.717) is 0 Å². The fourth-order valence-electron chi connectivity index (χ4n) is 4.07. The Bertz CT molecular complexity index is 953. The van der Waals surface area contributed by atoms with Crippen LogP contribution in [0.25, 0.3) is 0 Å². The van der Waals surface area contributed by atoms with E-state index in [-0.39, 0.29) is 6.04 Å². The van der Waals surface area contributed by atoms with Crippen molar-refractivity contribution in [3.8, 4) is 11.5 Å². The number of fused-ring (bicyclic) bond motifs is 1. The molecule has 1 aliphatic rings. The number of ether oxygens (including phenoxy) is 2. The van der Waals surface area contributed by atoms with E-state index in [2.05, 4.69) is 46.0 Å². The summed E-state index contributed by atoms with van der Waals surface area (Å²) in [4.78, 5) is 2.51. The lowest BCUT2D eigenvalue weighted by molar-refractivity contribution is 0.217. The SMILES string of the molecule is COc1ccc(CN2CCCn3cccc3C2c2cccc(Cl)c2)c(OC)c1. The molecule has 0 fully saturated rings. The Morgan fingerprint density at radius 2 is 1.89 bits per heavy atom. The lowest BCUT2D eigenvalue weighted by Gasteiger charge is -2.31. The number of aryl methyl sites for hydroxylation is 1. The van der Waals surface area contributed by atoms with Gasteiger partial charge in [0.15, 0.2) is 0 Å². The highest BCUT2D eigenvalue weighted by Gasteiger charge is 2.28. The van der Waals surface area contributed by atoms with Crippen LogP contribution in [0.5, 0.6) is 11.5 Å². The Morgan fingerprint density at radius 1 is 1.00 bits per heavy atom. The van der Waals surface area contributed by atoms with Crippen molar-refractivity contribution < 1.29 is 9.47 Å². The second-order valence-corrected chi connectivity index (χ2v) is 7.52. The number of aromatic nitrogens is 1. The summed E-state index contributed by atoms with van der Waals surface area (Å²) in [5.41, 5.74) is 3.66. The quantitative estimate of drug-likeness (QED) is 0.596. The number of rotatable bonds is 5. The molecule has 5 heteroatoms. The molecule has 0 N–H and O–H groups in total. The minimum absolute atomic E-state index is 0.142. The van der Waals surface area contributed by atoms with Gasteiger partial charge in [0.1, 0.15) is 11.5 Å². The fraction of sp³-hybridized carbons (Fsp3) is 0.304. The molecule has 1 aromatic heterocycles. The predicted molar refractivity (Wildman–Crippen MR) is 112 cm³/mol. The molecular weight excluding hydrogens is 372 g/mol. The van der Waals surface area contributed by atoms with Crippen molar-refractivity contribution >= 4 is 11.6 Å². The normalized spacial score (nSPS) is 17.0. The van der Waals surface area contributed by atoms with Gasteiger partial charge in [0, 0.05) is 48.2 Å². The van der Waals surface area contributed by atoms with Gasteiger partial charge in [-0.05, 0) is 42.3 Å². The second-order valence-electron chi connectivity index (χ2n) is 7.09. The molecule has 1 unspecified atom stereocenters. The number of hydrogen-bond donors (Lipinski definition) is 0. The van der Waals surface area contributed by atoms with Crippen LogP contribution in [0.4, 0.5) is 0 Å². The molecule has 0 bridgehead atoms. The van der Waals surface area contributed by atoms with Gasteiger partial charge in [-0.25, -0.2) is 0 Å². The molecule has 2 heterocycles. The number of benzene rings is 2. The average molecular weight is 397 g/mol. The highest BCUT2D eigenvalue weighted by Crippen LogP contribution is 2.35. The maximum Gasteiger partial charge on any atom is 0.127 e. The summed E-state index contributed by atoms with van der Waals surface area (Å²) in [7, 11) is 3.38. The molecule has 0 radical (unpaired) electrons. The van der Waals surface area contributed by atoms with Crippen LogP contribution < -0.4 is 9.47 Å². The fourth-order valence-corrected chi connectivity index (χ4v) is 4.27. The molecule has 0 spiro atoms. The molecule has 28 heavy (non-hydrogen) atoms. The first-order valence-corrected chi connectivity index (χ1v) is 9.93. The van der Waals surface area contributed by atoms with Crippen LogP contribution in [0, 0.1) is 0 Å². The summed E-state index contributed by atoms with van der Waals surface area (Å²) < 4.78 is 13.3. The van der Waals surface area contributed by atoms with Gasteiger partial charge >= 0.3 is 0 Å². The Labute approximate surface area is 171 Å². The van der Waals surface area contributed by atoms with E-state index >= 15 is 0 Å². The molecule has 0 aliphatic carbocycles. The summed E-state index contributed by atoms with van der Waals surface area (Å²) in [6.07, 6.45) is 3.27. The van der Waals surface area contributed by atoms with E-state index in [1.165, 1.54) is 11.3 Å². The number of methoxy groups -OCH3 is 2. The van der Waals surface area contributed by atoms with Gasteiger partial charge < -0.3 is 14.0 Å². The largest absolute Gasteiger partial charge is 0.497 e. The van der Waals surface area contributed by atoms with Crippen LogP contribution in [-0.2, 0) is 13.1 Å². The van der Waals surface area contributed by atoms with Gasteiger partial charge in [0.25, 0.3) is 0 Å². The van der Waals surface area contributed by atoms with Crippen molar-refractivity contribution in [1.29, 1.82) is 0 Å². The van der Waals surface area contributed by atoms with Crippen LogP contribution in [-0.4, -0.2) is 30.2 Å². The third kappa shape index (κ3) is 3.75. The molecule has 0 saturated carbocycles. The zero-order valence-electron chi connectivity index (χ0n) is 16.3. The highest BCUT2D eigenvalue weighted by atomic mass is 35.5. The summed E-state index contributed by atoms with van der Waals surface area (Å²) >= 11 is 6.34. The molecule has 3 aromatic rings. The van der Waals surface area contributed by atoms with E-state index in [4.69, 9.17) is 21.1 Å². The molecule has 0 saturated heterocycles. The minimum Gasteiger partial charge on any atom is -0.497 e. The van der Waals surface area contributed by atoms with Crippen LogP contribution >= 0.6 is 11.6 Å². The molecule has 146 valence electrons. The Morgan fingerprint density at radius 3 is 2.68 bits per heavy atom. The smallest absolute Gasteiger partial charge is 0.127 e. The summed E-state index contributed by atoms with van der Waals surface area (Å²) in [6, 6.07) is 18.7. The number of hydrogen-bond acceptors (Lipinski definition) is 3. The molecule has 0 amide bonds. The van der Waals surface area contributed by atoms with E-state index < -0.39 is 0 Å². The molecule has 2 aromatic carbocycles. The monoisotopic (exact) mass is 396 g/mol. The van der Waals surface area contributed by atoms with E-state index in [0.717, 1.165) is 48.1 Å². The van der Waals surface area contributed by atoms with Crippen LogP contribution in [0.15, 0.2) is 60.8 Å². The van der Waals surface area contributed by atoms with Crippen molar-refractivity contribution in [3.05, 3.63) is 82.6 Å². The van der Waals surface area contributed by atoms with Crippen molar-refractivity contribution in [1.82, 2.24) is 9.47 Å². The zero-order chi connectivity index (χ0) is 19.5. The maximum atomic E-state index is 6.34. The summed E-state index contributed by atoms with van der Waals surface area (Å²) in [6.45, 7) is 2.80. The Balaban J connectivity index is 1.74. The molecule has 4 rings (SSSR count). The molecule has 1 atom stereocenters. The van der Waals surface area contributed by atoms with Gasteiger partial charge in [-0.1, -0.05) is 29.8 Å². The molecule has 1 aliphatic heterocycles. The van der Waals surface area contributed by atoms with Gasteiger partial charge in [0.05, 0.1) is 20.3 Å². The van der Waals surface area contributed by atoms with Crippen LogP contribution in [0.2, 0.25) is 5.02 Å². The first-order valence-electron chi connectivity index (χ1n) is 9.55. The third-order valence-electron chi connectivity index (χ3n) is 5.39. The van der Waals surface area contributed by atoms with Crippen molar-refractivity contribution in [2.75, 3.05) is 20.8 Å². The standard InChI is InChI=1S/C23H25ClN2O2/c1-27-20-10-9-18(22(15-20)28-2)16-26-13-5-12-25-11-4-8-21(25)23(26)17-6-3-7-19(24)14-17/h3-4,6-11,14-15,23H,5,12-13,16H2,1-2H3. The summed E-state index contributed by atoms with van der Waals surface area (Å²) in [5, 5.41) is 0.766. The maximum absolute atomic E-state index is 6.34. The first kappa shape index (κ1) is 18.9. The highest BCUT2D eigenvalue weighted by molar-refractivity contribution is 6.30. The third-order valence-corrected chi connectivity index (χ3v) is 5.62. The van der Waals surface area contributed by atoms with Gasteiger partial charge in [-0.2, -0.15) is 0 Å². The van der Waals surface area contributed by atoms with Crippen LogP contribution in [0.1, 0.15) is 29.3 Å². The predicted octanol–water partition coefficient (Wildman–Crippen LogP) is 5.15. The van der Waals surface area contributed by atoms with E-state index in [1.54, 1.807) is 14.2 Å². The van der Waals surface area contributed by atoms with Gasteiger partial charge in [-0.3, -0.25) is 4.90 Å². The van der Waals surface area contributed by atoms with Crippen molar-refractivity contribution in [2.45, 2.75) is 25.6 Å². The minimum atomic E-state index is 0.142. The molecular formula is C23H25ClN2O2. The first-order chi connectivity index (χ1) is 13.7. The lowest BCUT2D eigenvalue weighted by Crippen LogP contribution is -2.29. The van der Waals surface area contributed by atoms with Crippen molar-refractivity contribution in [3.63, 3.8) is 0 Å². The number of halogens is 1. The zero-order valence-corrected chi connectivity index (χ0v) is 17.0. The van der Waals surface area contributed by atoms with Crippen LogP contribution in [0.3, 0.4) is 0 Å².